The van der Waals surface area contributed by atoms with Crippen LogP contribution in [0.2, 0.25) is 0 Å². The summed E-state index contributed by atoms with van der Waals surface area (Å²) >= 11 is 0. The van der Waals surface area contributed by atoms with Gasteiger partial charge in [-0.25, -0.2) is 9.78 Å². The molecular formula is C26H21F6N3O2. The predicted octanol–water partition coefficient (Wildman–Crippen LogP) is 6.14. The molecule has 5 nitrogen and oxygen atoms in total. The number of aromatic nitrogens is 2. The van der Waals surface area contributed by atoms with Crippen LogP contribution in [0.5, 0.6) is 0 Å². The lowest BCUT2D eigenvalue weighted by Gasteiger charge is -2.15. The van der Waals surface area contributed by atoms with E-state index < -0.39 is 23.9 Å². The zero-order valence-corrected chi connectivity index (χ0v) is 19.1. The summed E-state index contributed by atoms with van der Waals surface area (Å²) in [7, 11) is 0. The van der Waals surface area contributed by atoms with Crippen molar-refractivity contribution in [3.8, 4) is 11.1 Å². The third-order valence-electron chi connectivity index (χ3n) is 6.02. The van der Waals surface area contributed by atoms with Gasteiger partial charge in [-0.15, -0.1) is 0 Å². The average Bonchev–Trinajstić information content (AvgIpc) is 3.47. The Balaban J connectivity index is 0.000000405. The summed E-state index contributed by atoms with van der Waals surface area (Å²) in [4.78, 5) is 15.7. The highest BCUT2D eigenvalue weighted by molar-refractivity contribution is 5.84. The number of benzene rings is 3. The molecule has 3 N–H and O–H groups in total. The molecule has 1 aliphatic rings. The van der Waals surface area contributed by atoms with Crippen molar-refractivity contribution in [2.24, 2.45) is 0 Å². The van der Waals surface area contributed by atoms with Crippen LogP contribution in [-0.4, -0.2) is 33.3 Å². The van der Waals surface area contributed by atoms with Crippen LogP contribution in [0.4, 0.5) is 26.3 Å². The fraction of sp³-hybridized carbons (Fsp3) is 0.231. The van der Waals surface area contributed by atoms with Gasteiger partial charge in [-0.2, -0.15) is 26.3 Å². The Kier molecular flexibility index (Phi) is 7.26. The van der Waals surface area contributed by atoms with Gasteiger partial charge in [0.25, 0.3) is 0 Å². The summed E-state index contributed by atoms with van der Waals surface area (Å²) in [6, 6.07) is 18.8. The van der Waals surface area contributed by atoms with Crippen molar-refractivity contribution >= 4 is 17.0 Å². The van der Waals surface area contributed by atoms with Crippen molar-refractivity contribution in [3.05, 3.63) is 89.2 Å². The van der Waals surface area contributed by atoms with E-state index in [1.807, 2.05) is 12.1 Å². The molecule has 0 radical (unpaired) electrons. The fourth-order valence-corrected chi connectivity index (χ4v) is 4.22. The molecule has 0 aliphatic heterocycles. The molecule has 0 bridgehead atoms. The van der Waals surface area contributed by atoms with E-state index in [1.54, 1.807) is 12.1 Å². The molecule has 1 heterocycles. The molecule has 0 spiro atoms. The summed E-state index contributed by atoms with van der Waals surface area (Å²) in [5, 5.41) is 10.7. The van der Waals surface area contributed by atoms with Gasteiger partial charge < -0.3 is 15.4 Å². The van der Waals surface area contributed by atoms with E-state index in [9.17, 15) is 26.3 Å². The van der Waals surface area contributed by atoms with E-state index >= 15 is 0 Å². The molecule has 194 valence electrons. The number of hydrogen-bond donors (Lipinski definition) is 3. The van der Waals surface area contributed by atoms with E-state index in [0.29, 0.717) is 29.2 Å². The van der Waals surface area contributed by atoms with Gasteiger partial charge in [-0.1, -0.05) is 48.5 Å². The number of carboxylic acid groups (broad SMARTS) is 1. The van der Waals surface area contributed by atoms with E-state index in [4.69, 9.17) is 9.90 Å². The molecular weight excluding hydrogens is 500 g/mol. The topological polar surface area (TPSA) is 78.0 Å². The highest BCUT2D eigenvalue weighted by Gasteiger charge is 2.38. The quantitative estimate of drug-likeness (QED) is 0.282. The molecule has 3 aromatic carbocycles. The SMILES string of the molecule is FC(F)(F)c1cc2[nH]cnc2cc1-c1ccc(CNC2Cc3ccccc3C2)cc1.O=C(O)C(F)(F)F. The van der Waals surface area contributed by atoms with Crippen LogP contribution in [0, 0.1) is 0 Å². The number of carbonyl (C=O) groups is 1. The molecule has 0 saturated carbocycles. The molecule has 0 unspecified atom stereocenters. The second-order valence-electron chi connectivity index (χ2n) is 8.57. The van der Waals surface area contributed by atoms with Crippen molar-refractivity contribution in [2.45, 2.75) is 37.8 Å². The maximum absolute atomic E-state index is 13.6. The number of alkyl halides is 6. The van der Waals surface area contributed by atoms with Crippen molar-refractivity contribution < 1.29 is 36.2 Å². The van der Waals surface area contributed by atoms with Crippen LogP contribution >= 0.6 is 0 Å². The third-order valence-corrected chi connectivity index (χ3v) is 6.02. The largest absolute Gasteiger partial charge is 0.490 e. The Morgan fingerprint density at radius 1 is 0.973 bits per heavy atom. The summed E-state index contributed by atoms with van der Waals surface area (Å²) in [5.41, 5.74) is 4.74. The third kappa shape index (κ3) is 6.29. The Hall–Kier alpha value is -3.86. The van der Waals surface area contributed by atoms with E-state index in [2.05, 4.69) is 39.6 Å². The lowest BCUT2D eigenvalue weighted by Crippen LogP contribution is -2.28. The lowest BCUT2D eigenvalue weighted by atomic mass is 9.97. The first-order valence-electron chi connectivity index (χ1n) is 11.2. The number of rotatable bonds is 4. The Labute approximate surface area is 207 Å². The van der Waals surface area contributed by atoms with E-state index in [0.717, 1.165) is 24.5 Å². The molecule has 0 saturated heterocycles. The molecule has 5 rings (SSSR count). The number of fused-ring (bicyclic) bond motifs is 2. The first-order valence-corrected chi connectivity index (χ1v) is 11.2. The van der Waals surface area contributed by atoms with Crippen molar-refractivity contribution in [3.63, 3.8) is 0 Å². The number of carboxylic acids is 1. The van der Waals surface area contributed by atoms with Gasteiger partial charge in [0, 0.05) is 12.6 Å². The number of nitrogens with zero attached hydrogens (tertiary/aromatic N) is 1. The Morgan fingerprint density at radius 3 is 2.11 bits per heavy atom. The van der Waals surface area contributed by atoms with Crippen LogP contribution in [0.15, 0.2) is 67.0 Å². The van der Waals surface area contributed by atoms with Gasteiger partial charge in [0.15, 0.2) is 0 Å². The minimum absolute atomic E-state index is 0.146. The highest BCUT2D eigenvalue weighted by Crippen LogP contribution is 2.39. The second-order valence-corrected chi connectivity index (χ2v) is 8.57. The monoisotopic (exact) mass is 521 g/mol. The van der Waals surface area contributed by atoms with Gasteiger partial charge in [-0.05, 0) is 52.8 Å². The zero-order valence-electron chi connectivity index (χ0n) is 19.1. The van der Waals surface area contributed by atoms with E-state index in [1.165, 1.54) is 23.5 Å². The smallest absolute Gasteiger partial charge is 0.475 e. The number of halogens is 6. The minimum Gasteiger partial charge on any atom is -0.475 e. The number of imidazole rings is 1. The first-order chi connectivity index (χ1) is 17.4. The van der Waals surface area contributed by atoms with Gasteiger partial charge in [0.2, 0.25) is 0 Å². The highest BCUT2D eigenvalue weighted by atomic mass is 19.4. The normalized spacial score (nSPS) is 13.8. The lowest BCUT2D eigenvalue weighted by molar-refractivity contribution is -0.192. The van der Waals surface area contributed by atoms with Gasteiger partial charge in [-0.3, -0.25) is 0 Å². The van der Waals surface area contributed by atoms with Gasteiger partial charge in [0.05, 0.1) is 22.9 Å². The molecule has 11 heteroatoms. The maximum Gasteiger partial charge on any atom is 0.490 e. The molecule has 1 aliphatic carbocycles. The first kappa shape index (κ1) is 26.2. The van der Waals surface area contributed by atoms with Crippen molar-refractivity contribution in [2.75, 3.05) is 0 Å². The van der Waals surface area contributed by atoms with Crippen LogP contribution in [0.1, 0.15) is 22.3 Å². The minimum atomic E-state index is -5.08. The number of aromatic amines is 1. The molecule has 4 aromatic rings. The Morgan fingerprint density at radius 2 is 1.57 bits per heavy atom. The molecule has 0 atom stereocenters. The molecule has 37 heavy (non-hydrogen) atoms. The summed E-state index contributed by atoms with van der Waals surface area (Å²) in [5.74, 6) is -2.76. The number of H-pyrrole nitrogens is 1. The summed E-state index contributed by atoms with van der Waals surface area (Å²) in [6.07, 6.45) is -6.10. The van der Waals surface area contributed by atoms with Crippen LogP contribution < -0.4 is 5.32 Å². The molecule has 0 fully saturated rings. The van der Waals surface area contributed by atoms with Crippen LogP contribution in [0.3, 0.4) is 0 Å². The number of hydrogen-bond acceptors (Lipinski definition) is 3. The molecule has 1 aromatic heterocycles. The predicted molar refractivity (Wildman–Crippen MR) is 125 cm³/mol. The zero-order chi connectivity index (χ0) is 26.8. The van der Waals surface area contributed by atoms with Crippen molar-refractivity contribution in [1.82, 2.24) is 15.3 Å². The van der Waals surface area contributed by atoms with Gasteiger partial charge in [0.1, 0.15) is 0 Å². The number of aliphatic carboxylic acids is 1. The fourth-order valence-electron chi connectivity index (χ4n) is 4.22. The van der Waals surface area contributed by atoms with Crippen LogP contribution in [-0.2, 0) is 30.4 Å². The summed E-state index contributed by atoms with van der Waals surface area (Å²) in [6.45, 7) is 0.684. The van der Waals surface area contributed by atoms with Crippen molar-refractivity contribution in [1.29, 1.82) is 0 Å². The second kappa shape index (κ2) is 10.3. The average molecular weight is 521 g/mol. The van der Waals surface area contributed by atoms with Crippen LogP contribution in [0.25, 0.3) is 22.2 Å². The molecule has 0 amide bonds. The number of nitrogens with one attached hydrogen (secondary N) is 2. The maximum atomic E-state index is 13.6. The van der Waals surface area contributed by atoms with E-state index in [-0.39, 0.29) is 5.56 Å². The standard InChI is InChI=1S/C24H20F3N3.C2HF3O2/c25-24(26,27)21-12-23-22(29-14-30-23)11-20(21)16-7-5-15(6-8-16)13-28-19-9-17-3-1-2-4-18(17)10-19;3-2(4,5)1(6)7/h1-8,11-12,14,19,28H,9-10,13H2,(H,29,30);(H,6,7). The summed E-state index contributed by atoms with van der Waals surface area (Å²) < 4.78 is 72.6. The van der Waals surface area contributed by atoms with Gasteiger partial charge >= 0.3 is 18.3 Å². The Bertz CT molecular complexity index is 1370.